The van der Waals surface area contributed by atoms with Gasteiger partial charge in [-0.3, -0.25) is 0 Å². The molecule has 2 nitrogen and oxygen atoms in total. The third kappa shape index (κ3) is 3.84. The predicted molar refractivity (Wildman–Crippen MR) is 198 cm³/mol. The van der Waals surface area contributed by atoms with E-state index < -0.39 is 0 Å². The van der Waals surface area contributed by atoms with E-state index in [0.717, 1.165) is 16.8 Å². The van der Waals surface area contributed by atoms with Crippen LogP contribution in [0.3, 0.4) is 0 Å². The molecule has 2 aromatic heterocycles. The fourth-order valence-electron chi connectivity index (χ4n) is 7.31. The number of hydrogen-bond donors (Lipinski definition) is 0. The number of para-hydroxylation sites is 2. The van der Waals surface area contributed by atoms with Gasteiger partial charge in [0.25, 0.3) is 0 Å². The van der Waals surface area contributed by atoms with Crippen LogP contribution in [-0.4, -0.2) is 9.13 Å². The Morgan fingerprint density at radius 1 is 0.391 bits per heavy atom. The van der Waals surface area contributed by atoms with E-state index in [2.05, 4.69) is 168 Å². The summed E-state index contributed by atoms with van der Waals surface area (Å²) in [7, 11) is 0. The van der Waals surface area contributed by atoms with Gasteiger partial charge in [0.2, 0.25) is 0 Å². The van der Waals surface area contributed by atoms with Gasteiger partial charge in [0.05, 0.1) is 27.8 Å². The van der Waals surface area contributed by atoms with Crippen molar-refractivity contribution in [3.63, 3.8) is 0 Å². The summed E-state index contributed by atoms with van der Waals surface area (Å²) in [6.07, 6.45) is 3.79. The van der Waals surface area contributed by atoms with Crippen molar-refractivity contribution in [2.24, 2.45) is 0 Å². The van der Waals surface area contributed by atoms with Crippen LogP contribution >= 0.6 is 0 Å². The standard InChI is InChI=1S/C44H30N2/c1-3-29-20-23-34(26-30(29)4-2)45-41-17-9-7-15-36(41)38-27-32(21-24-43(38)45)33-22-25-44-39(28-33)37-16-8-10-18-42(37)46(44)40-19-11-13-31-12-5-6-14-35(31)40/h3-28H,1-2H2. The minimum atomic E-state index is 1.08. The van der Waals surface area contributed by atoms with Crippen LogP contribution in [0.25, 0.3) is 89.0 Å². The molecule has 0 fully saturated rings. The van der Waals surface area contributed by atoms with E-state index in [1.54, 1.807) is 0 Å². The second-order valence-corrected chi connectivity index (χ2v) is 11.9. The summed E-state index contributed by atoms with van der Waals surface area (Å²) < 4.78 is 4.78. The second-order valence-electron chi connectivity index (χ2n) is 11.9. The molecule has 2 heterocycles. The van der Waals surface area contributed by atoms with E-state index >= 15 is 0 Å². The van der Waals surface area contributed by atoms with E-state index in [0.29, 0.717) is 0 Å². The molecule has 46 heavy (non-hydrogen) atoms. The molecule has 7 aromatic carbocycles. The molecule has 0 bridgehead atoms. The first-order valence-corrected chi connectivity index (χ1v) is 15.7. The van der Waals surface area contributed by atoms with Crippen molar-refractivity contribution in [3.05, 3.63) is 170 Å². The SMILES string of the molecule is C=Cc1ccc(-n2c3ccccc3c3cc(-c4ccc5c(c4)c4ccccc4n5-c4cccc5ccccc45)ccc32)cc1C=C. The first-order chi connectivity index (χ1) is 22.7. The summed E-state index contributed by atoms with van der Waals surface area (Å²) >= 11 is 0. The Labute approximate surface area is 267 Å². The monoisotopic (exact) mass is 586 g/mol. The van der Waals surface area contributed by atoms with Gasteiger partial charge < -0.3 is 9.13 Å². The maximum atomic E-state index is 4.05. The molecule has 0 aliphatic carbocycles. The number of fused-ring (bicyclic) bond motifs is 7. The maximum absolute atomic E-state index is 4.05. The van der Waals surface area contributed by atoms with Crippen molar-refractivity contribution < 1.29 is 0 Å². The zero-order valence-electron chi connectivity index (χ0n) is 25.3. The van der Waals surface area contributed by atoms with E-state index in [-0.39, 0.29) is 0 Å². The van der Waals surface area contributed by atoms with Gasteiger partial charge in [0, 0.05) is 32.6 Å². The van der Waals surface area contributed by atoms with Gasteiger partial charge >= 0.3 is 0 Å². The number of aromatic nitrogens is 2. The number of rotatable bonds is 5. The Morgan fingerprint density at radius 3 is 1.61 bits per heavy atom. The number of nitrogens with zero attached hydrogens (tertiary/aromatic N) is 2. The van der Waals surface area contributed by atoms with Crippen LogP contribution in [0.4, 0.5) is 0 Å². The molecule has 9 rings (SSSR count). The van der Waals surface area contributed by atoms with Crippen LogP contribution in [0.5, 0.6) is 0 Å². The van der Waals surface area contributed by atoms with Gasteiger partial charge in [-0.15, -0.1) is 0 Å². The quantitative estimate of drug-likeness (QED) is 0.190. The van der Waals surface area contributed by atoms with E-state index in [1.165, 1.54) is 71.2 Å². The summed E-state index contributed by atoms with van der Waals surface area (Å²) in [5.74, 6) is 0. The summed E-state index contributed by atoms with van der Waals surface area (Å²) in [5, 5.41) is 7.47. The molecular formula is C44H30N2. The fraction of sp³-hybridized carbons (Fsp3) is 0. The zero-order chi connectivity index (χ0) is 30.8. The third-order valence-electron chi connectivity index (χ3n) is 9.45. The van der Waals surface area contributed by atoms with Crippen molar-refractivity contribution in [3.8, 4) is 22.5 Å². The van der Waals surface area contributed by atoms with Crippen LogP contribution in [0.1, 0.15) is 11.1 Å². The summed E-state index contributed by atoms with van der Waals surface area (Å²) in [6, 6.07) is 52.9. The Morgan fingerprint density at radius 2 is 0.935 bits per heavy atom. The van der Waals surface area contributed by atoms with Crippen LogP contribution < -0.4 is 0 Å². The van der Waals surface area contributed by atoms with Crippen molar-refractivity contribution in [1.82, 2.24) is 9.13 Å². The largest absolute Gasteiger partial charge is 0.309 e. The molecular weight excluding hydrogens is 556 g/mol. The highest BCUT2D eigenvalue weighted by atomic mass is 15.0. The van der Waals surface area contributed by atoms with Crippen molar-refractivity contribution in [2.75, 3.05) is 0 Å². The molecule has 0 amide bonds. The second kappa shape index (κ2) is 10.2. The maximum Gasteiger partial charge on any atom is 0.0541 e. The molecule has 2 heteroatoms. The van der Waals surface area contributed by atoms with E-state index in [1.807, 2.05) is 12.2 Å². The van der Waals surface area contributed by atoms with Gasteiger partial charge in [-0.1, -0.05) is 116 Å². The zero-order valence-corrected chi connectivity index (χ0v) is 25.3. The summed E-state index contributed by atoms with van der Waals surface area (Å²) in [5.41, 5.74) is 11.7. The lowest BCUT2D eigenvalue weighted by molar-refractivity contribution is 1.18. The Bertz CT molecular complexity index is 2680. The molecule has 0 aliphatic rings. The highest BCUT2D eigenvalue weighted by Crippen LogP contribution is 2.39. The van der Waals surface area contributed by atoms with E-state index in [4.69, 9.17) is 0 Å². The third-order valence-corrected chi connectivity index (χ3v) is 9.45. The van der Waals surface area contributed by atoms with Crippen molar-refractivity contribution in [2.45, 2.75) is 0 Å². The average molecular weight is 587 g/mol. The van der Waals surface area contributed by atoms with E-state index in [9.17, 15) is 0 Å². The Balaban J connectivity index is 1.25. The minimum absolute atomic E-state index is 1.08. The van der Waals surface area contributed by atoms with Crippen LogP contribution in [0, 0.1) is 0 Å². The highest BCUT2D eigenvalue weighted by Gasteiger charge is 2.17. The molecule has 216 valence electrons. The van der Waals surface area contributed by atoms with Gasteiger partial charge in [0.15, 0.2) is 0 Å². The van der Waals surface area contributed by atoms with Crippen molar-refractivity contribution in [1.29, 1.82) is 0 Å². The van der Waals surface area contributed by atoms with Crippen LogP contribution in [-0.2, 0) is 0 Å². The predicted octanol–water partition coefficient (Wildman–Crippen LogP) is 12.0. The number of hydrogen-bond acceptors (Lipinski definition) is 0. The first-order valence-electron chi connectivity index (χ1n) is 15.7. The molecule has 0 unspecified atom stereocenters. The molecule has 9 aromatic rings. The molecule has 0 N–H and O–H groups in total. The lowest BCUT2D eigenvalue weighted by atomic mass is 10.0. The molecule has 0 saturated carbocycles. The molecule has 0 aliphatic heterocycles. The number of benzene rings is 7. The first kappa shape index (κ1) is 26.3. The Kier molecular flexibility index (Phi) is 5.84. The summed E-state index contributed by atoms with van der Waals surface area (Å²) in [6.45, 7) is 8.02. The van der Waals surface area contributed by atoms with Crippen LogP contribution in [0.15, 0.2) is 159 Å². The smallest absolute Gasteiger partial charge is 0.0541 e. The lowest BCUT2D eigenvalue weighted by Crippen LogP contribution is -1.95. The fourth-order valence-corrected chi connectivity index (χ4v) is 7.31. The topological polar surface area (TPSA) is 9.86 Å². The van der Waals surface area contributed by atoms with Crippen molar-refractivity contribution >= 4 is 66.5 Å². The van der Waals surface area contributed by atoms with Gasteiger partial charge in [-0.2, -0.15) is 0 Å². The molecule has 0 radical (unpaired) electrons. The summed E-state index contributed by atoms with van der Waals surface area (Å²) in [4.78, 5) is 0. The molecule has 0 atom stereocenters. The molecule has 0 spiro atoms. The highest BCUT2D eigenvalue weighted by molar-refractivity contribution is 6.13. The molecule has 0 saturated heterocycles. The minimum Gasteiger partial charge on any atom is -0.309 e. The lowest BCUT2D eigenvalue weighted by Gasteiger charge is -2.12. The normalized spacial score (nSPS) is 11.7. The average Bonchev–Trinajstić information content (AvgIpc) is 3.63. The van der Waals surface area contributed by atoms with Gasteiger partial charge in [-0.25, -0.2) is 0 Å². The van der Waals surface area contributed by atoms with Gasteiger partial charge in [-0.05, 0) is 82.2 Å². The Hall–Kier alpha value is -6.12. The van der Waals surface area contributed by atoms with Crippen LogP contribution in [0.2, 0.25) is 0 Å². The van der Waals surface area contributed by atoms with Gasteiger partial charge in [0.1, 0.15) is 0 Å².